The molecule has 0 bridgehead atoms. The van der Waals surface area contributed by atoms with Gasteiger partial charge in [0.2, 0.25) is 0 Å². The molecule has 25 heavy (non-hydrogen) atoms. The molecule has 0 radical (unpaired) electrons. The smallest absolute Gasteiger partial charge is 0.387 e. The van der Waals surface area contributed by atoms with Crippen LogP contribution in [0.15, 0.2) is 48.5 Å². The third kappa shape index (κ3) is 6.17. The quantitative estimate of drug-likeness (QED) is 0.777. The standard InChI is InChI=1S/C17H14F3NO4/c18-12-7-5-11(6-8-12)9-16(23)24-10-15(22)21-13-3-1-2-4-14(13)25-17(19)20/h1-8,17H,9-10H2,(H,21,22). The van der Waals surface area contributed by atoms with E-state index >= 15 is 0 Å². The van der Waals surface area contributed by atoms with Gasteiger partial charge in [0.25, 0.3) is 5.91 Å². The zero-order valence-corrected chi connectivity index (χ0v) is 12.9. The Balaban J connectivity index is 1.84. The molecule has 8 heteroatoms. The van der Waals surface area contributed by atoms with Gasteiger partial charge in [-0.05, 0) is 29.8 Å². The van der Waals surface area contributed by atoms with E-state index in [9.17, 15) is 22.8 Å². The molecule has 132 valence electrons. The summed E-state index contributed by atoms with van der Waals surface area (Å²) in [7, 11) is 0. The van der Waals surface area contributed by atoms with E-state index in [1.54, 1.807) is 0 Å². The van der Waals surface area contributed by atoms with Crippen LogP contribution in [0, 0.1) is 5.82 Å². The van der Waals surface area contributed by atoms with Gasteiger partial charge in [0.05, 0.1) is 12.1 Å². The number of esters is 1. The number of rotatable bonds is 7. The second-order valence-electron chi connectivity index (χ2n) is 4.89. The lowest BCUT2D eigenvalue weighted by Gasteiger charge is -2.11. The van der Waals surface area contributed by atoms with Crippen molar-refractivity contribution >= 4 is 17.6 Å². The van der Waals surface area contributed by atoms with Crippen molar-refractivity contribution in [1.82, 2.24) is 0 Å². The summed E-state index contributed by atoms with van der Waals surface area (Å²) in [5.41, 5.74) is 0.560. The topological polar surface area (TPSA) is 64.6 Å². The largest absolute Gasteiger partial charge is 0.455 e. The minimum atomic E-state index is -3.04. The molecule has 0 saturated heterocycles. The molecule has 1 amide bonds. The Morgan fingerprint density at radius 1 is 1.04 bits per heavy atom. The van der Waals surface area contributed by atoms with Gasteiger partial charge in [-0.15, -0.1) is 0 Å². The predicted octanol–water partition coefficient (Wildman–Crippen LogP) is 3.15. The van der Waals surface area contributed by atoms with E-state index in [-0.39, 0.29) is 17.9 Å². The molecule has 0 spiro atoms. The van der Waals surface area contributed by atoms with E-state index in [0.29, 0.717) is 5.56 Å². The molecule has 0 aliphatic rings. The van der Waals surface area contributed by atoms with Crippen LogP contribution in [0.3, 0.4) is 0 Å². The molecule has 2 rings (SSSR count). The molecule has 5 nitrogen and oxygen atoms in total. The Morgan fingerprint density at radius 3 is 2.40 bits per heavy atom. The molecular formula is C17H14F3NO4. The highest BCUT2D eigenvalue weighted by molar-refractivity contribution is 5.94. The number of hydrogen-bond acceptors (Lipinski definition) is 4. The number of ether oxygens (including phenoxy) is 2. The first-order valence-corrected chi connectivity index (χ1v) is 7.18. The zero-order valence-electron chi connectivity index (χ0n) is 12.9. The second-order valence-corrected chi connectivity index (χ2v) is 4.89. The first kappa shape index (κ1) is 18.3. The van der Waals surface area contributed by atoms with E-state index < -0.39 is 30.9 Å². The maximum atomic E-state index is 12.8. The number of hydrogen-bond donors (Lipinski definition) is 1. The minimum Gasteiger partial charge on any atom is -0.455 e. The fourth-order valence-electron chi connectivity index (χ4n) is 1.92. The van der Waals surface area contributed by atoms with Crippen molar-refractivity contribution in [3.05, 3.63) is 59.9 Å². The van der Waals surface area contributed by atoms with Gasteiger partial charge in [0, 0.05) is 0 Å². The molecule has 2 aromatic rings. The molecule has 1 N–H and O–H groups in total. The maximum absolute atomic E-state index is 12.8. The van der Waals surface area contributed by atoms with Crippen LogP contribution in [-0.4, -0.2) is 25.1 Å². The van der Waals surface area contributed by atoms with Gasteiger partial charge in [0.1, 0.15) is 11.6 Å². The van der Waals surface area contributed by atoms with Gasteiger partial charge >= 0.3 is 12.6 Å². The van der Waals surface area contributed by atoms with Gasteiger partial charge in [-0.2, -0.15) is 8.78 Å². The highest BCUT2D eigenvalue weighted by atomic mass is 19.3. The summed E-state index contributed by atoms with van der Waals surface area (Å²) in [6, 6.07) is 10.9. The number of amides is 1. The van der Waals surface area contributed by atoms with Gasteiger partial charge in [-0.25, -0.2) is 4.39 Å². The van der Waals surface area contributed by atoms with Crippen molar-refractivity contribution in [2.75, 3.05) is 11.9 Å². The van der Waals surface area contributed by atoms with Crippen molar-refractivity contribution in [3.8, 4) is 5.75 Å². The second kappa shape index (κ2) is 8.72. The van der Waals surface area contributed by atoms with E-state index in [1.165, 1.54) is 48.5 Å². The molecule has 0 saturated carbocycles. The van der Waals surface area contributed by atoms with Gasteiger partial charge < -0.3 is 14.8 Å². The van der Waals surface area contributed by atoms with E-state index in [0.717, 1.165) is 0 Å². The number of anilines is 1. The first-order chi connectivity index (χ1) is 11.9. The Kier molecular flexibility index (Phi) is 6.39. The number of halogens is 3. The molecule has 0 aromatic heterocycles. The summed E-state index contributed by atoms with van der Waals surface area (Å²) in [4.78, 5) is 23.4. The third-order valence-electron chi connectivity index (χ3n) is 3.00. The molecule has 0 unspecified atom stereocenters. The molecule has 0 fully saturated rings. The Morgan fingerprint density at radius 2 is 1.72 bits per heavy atom. The van der Waals surface area contributed by atoms with E-state index in [1.807, 2.05) is 0 Å². The minimum absolute atomic E-state index is 0.0300. The van der Waals surface area contributed by atoms with Crippen LogP contribution in [0.2, 0.25) is 0 Å². The van der Waals surface area contributed by atoms with Crippen LogP contribution in [0.5, 0.6) is 5.75 Å². The number of benzene rings is 2. The van der Waals surface area contributed by atoms with Crippen molar-refractivity contribution in [2.24, 2.45) is 0 Å². The molecule has 0 aliphatic carbocycles. The Labute approximate surface area is 141 Å². The SMILES string of the molecule is O=C(COC(=O)Cc1ccc(F)cc1)Nc1ccccc1OC(F)F. The summed E-state index contributed by atoms with van der Waals surface area (Å²) in [5.74, 6) is -2.03. The van der Waals surface area contributed by atoms with Crippen LogP contribution in [0.1, 0.15) is 5.56 Å². The normalized spacial score (nSPS) is 10.4. The predicted molar refractivity (Wildman–Crippen MR) is 82.8 cm³/mol. The summed E-state index contributed by atoms with van der Waals surface area (Å²) in [6.45, 7) is -3.63. The fourth-order valence-corrected chi connectivity index (χ4v) is 1.92. The maximum Gasteiger partial charge on any atom is 0.387 e. The van der Waals surface area contributed by atoms with E-state index in [4.69, 9.17) is 4.74 Å². The van der Waals surface area contributed by atoms with Crippen LogP contribution in [0.4, 0.5) is 18.9 Å². The number of nitrogens with one attached hydrogen (secondary N) is 1. The summed E-state index contributed by atoms with van der Waals surface area (Å²) >= 11 is 0. The molecule has 0 aliphatic heterocycles. The summed E-state index contributed by atoms with van der Waals surface area (Å²) in [6.07, 6.45) is -0.126. The third-order valence-corrected chi connectivity index (χ3v) is 3.00. The van der Waals surface area contributed by atoms with Gasteiger partial charge in [-0.1, -0.05) is 24.3 Å². The average Bonchev–Trinajstić information content (AvgIpc) is 2.56. The van der Waals surface area contributed by atoms with Crippen LogP contribution >= 0.6 is 0 Å². The highest BCUT2D eigenvalue weighted by Crippen LogP contribution is 2.25. The summed E-state index contributed by atoms with van der Waals surface area (Å²) in [5, 5.41) is 2.32. The number of carbonyl (C=O) groups excluding carboxylic acids is 2. The number of para-hydroxylation sites is 2. The summed E-state index contributed by atoms with van der Waals surface area (Å²) < 4.78 is 46.4. The molecular weight excluding hydrogens is 339 g/mol. The molecule has 0 atom stereocenters. The lowest BCUT2D eigenvalue weighted by molar-refractivity contribution is -0.146. The number of carbonyl (C=O) groups is 2. The van der Waals surface area contributed by atoms with Crippen LogP contribution in [0.25, 0.3) is 0 Å². The monoisotopic (exact) mass is 353 g/mol. The van der Waals surface area contributed by atoms with Crippen LogP contribution in [-0.2, 0) is 20.7 Å². The lowest BCUT2D eigenvalue weighted by Crippen LogP contribution is -2.22. The van der Waals surface area contributed by atoms with Gasteiger partial charge in [-0.3, -0.25) is 9.59 Å². The molecule has 2 aromatic carbocycles. The van der Waals surface area contributed by atoms with E-state index in [2.05, 4.69) is 10.1 Å². The first-order valence-electron chi connectivity index (χ1n) is 7.18. The Hall–Kier alpha value is -3.03. The van der Waals surface area contributed by atoms with Crippen molar-refractivity contribution in [2.45, 2.75) is 13.0 Å². The van der Waals surface area contributed by atoms with Crippen molar-refractivity contribution < 1.29 is 32.2 Å². The van der Waals surface area contributed by atoms with Crippen LogP contribution < -0.4 is 10.1 Å². The van der Waals surface area contributed by atoms with Gasteiger partial charge in [0.15, 0.2) is 6.61 Å². The Bertz CT molecular complexity index is 735. The molecule has 0 heterocycles. The van der Waals surface area contributed by atoms with Crippen molar-refractivity contribution in [1.29, 1.82) is 0 Å². The zero-order chi connectivity index (χ0) is 18.2. The lowest BCUT2D eigenvalue weighted by atomic mass is 10.1. The number of alkyl halides is 2. The van der Waals surface area contributed by atoms with Crippen molar-refractivity contribution in [3.63, 3.8) is 0 Å². The fraction of sp³-hybridized carbons (Fsp3) is 0.176. The highest BCUT2D eigenvalue weighted by Gasteiger charge is 2.13. The average molecular weight is 353 g/mol.